The third-order valence-electron chi connectivity index (χ3n) is 6.26. The van der Waals surface area contributed by atoms with E-state index in [1.165, 1.54) is 5.56 Å². The Morgan fingerprint density at radius 1 is 0.756 bits per heavy atom. The van der Waals surface area contributed by atoms with Crippen LogP contribution in [0.15, 0.2) is 30.3 Å². The van der Waals surface area contributed by atoms with Gasteiger partial charge in [-0.25, -0.2) is 0 Å². The van der Waals surface area contributed by atoms with Crippen LogP contribution in [-0.2, 0) is 61.9 Å². The first kappa shape index (κ1) is 38.5. The summed E-state index contributed by atoms with van der Waals surface area (Å²) in [6, 6.07) is 10.3. The molecule has 16 heteroatoms. The monoisotopic (exact) mass is 698 g/mol. The van der Waals surface area contributed by atoms with Gasteiger partial charge in [0.25, 0.3) is 0 Å². The van der Waals surface area contributed by atoms with Gasteiger partial charge in [-0.05, 0) is 6.92 Å². The molecule has 1 aromatic carbocycles. The molecule has 0 unspecified atom stereocenters. The summed E-state index contributed by atoms with van der Waals surface area (Å²) in [4.78, 5) is 59.0. The molecule has 3 rings (SSSR count). The molecule has 0 bridgehead atoms. The van der Waals surface area contributed by atoms with Crippen LogP contribution in [-0.4, -0.2) is 102 Å². The fourth-order valence-corrected chi connectivity index (χ4v) is 5.36. The molecule has 0 saturated carbocycles. The van der Waals surface area contributed by atoms with Crippen molar-refractivity contribution in [1.29, 1.82) is 0 Å². The molecule has 2 saturated heterocycles. The zero-order valence-electron chi connectivity index (χ0n) is 25.6. The first-order valence-electron chi connectivity index (χ1n) is 13.7. The summed E-state index contributed by atoms with van der Waals surface area (Å²) >= 11 is 18.8. The van der Waals surface area contributed by atoms with E-state index >= 15 is 0 Å². The molecule has 252 valence electrons. The van der Waals surface area contributed by atoms with Crippen LogP contribution in [0.25, 0.3) is 0 Å². The van der Waals surface area contributed by atoms with Crippen molar-refractivity contribution in [3.63, 3.8) is 0 Å². The molecule has 2 aliphatic rings. The van der Waals surface area contributed by atoms with Gasteiger partial charge in [-0.1, -0.05) is 35.9 Å². The Balaban J connectivity index is 0.000000883. The van der Waals surface area contributed by atoms with Crippen molar-refractivity contribution in [3.05, 3.63) is 35.9 Å². The predicted molar refractivity (Wildman–Crippen MR) is 158 cm³/mol. The Kier molecular flexibility index (Phi) is 15.3. The molecule has 0 aliphatic carbocycles. The number of alkyl halides is 3. The van der Waals surface area contributed by atoms with Crippen LogP contribution in [0.2, 0.25) is 0 Å². The molecule has 45 heavy (non-hydrogen) atoms. The first-order chi connectivity index (χ1) is 21.1. The van der Waals surface area contributed by atoms with Gasteiger partial charge in [0.2, 0.25) is 12.1 Å². The van der Waals surface area contributed by atoms with Gasteiger partial charge in [-0.3, -0.25) is 24.0 Å². The molecule has 9 atom stereocenters. The van der Waals surface area contributed by atoms with Gasteiger partial charge in [-0.15, -0.1) is 34.8 Å². The van der Waals surface area contributed by atoms with E-state index in [4.69, 9.17) is 72.7 Å². The molecular formula is C29H37Cl3O13. The van der Waals surface area contributed by atoms with Crippen molar-refractivity contribution in [2.45, 2.75) is 95.6 Å². The quantitative estimate of drug-likeness (QED) is 0.199. The van der Waals surface area contributed by atoms with E-state index in [2.05, 4.69) is 19.1 Å². The Morgan fingerprint density at radius 2 is 1.29 bits per heavy atom. The maximum absolute atomic E-state index is 12.0. The van der Waals surface area contributed by atoms with Gasteiger partial charge in [0, 0.05) is 34.6 Å². The van der Waals surface area contributed by atoms with Crippen molar-refractivity contribution in [2.24, 2.45) is 0 Å². The molecule has 2 fully saturated rings. The Hall–Kier alpha value is -2.68. The van der Waals surface area contributed by atoms with Crippen molar-refractivity contribution in [2.75, 3.05) is 18.4 Å². The maximum Gasteiger partial charge on any atom is 0.303 e. The van der Waals surface area contributed by atoms with Gasteiger partial charge in [-0.2, -0.15) is 0 Å². The number of carbonyl (C=O) groups excluding carboxylic acids is 5. The van der Waals surface area contributed by atoms with E-state index in [0.29, 0.717) is 0 Å². The lowest BCUT2D eigenvalue weighted by Gasteiger charge is -2.45. The third-order valence-corrected chi connectivity index (χ3v) is 7.47. The summed E-state index contributed by atoms with van der Waals surface area (Å²) in [6.45, 7) is 7.26. The van der Waals surface area contributed by atoms with Crippen molar-refractivity contribution < 1.29 is 61.9 Å². The lowest BCUT2D eigenvalue weighted by molar-refractivity contribution is -0.359. The van der Waals surface area contributed by atoms with Gasteiger partial charge < -0.3 is 37.9 Å². The maximum atomic E-state index is 12.0. The number of aryl methyl sites for hydroxylation is 1. The van der Waals surface area contributed by atoms with Gasteiger partial charge >= 0.3 is 29.8 Å². The van der Waals surface area contributed by atoms with Gasteiger partial charge in [0.1, 0.15) is 24.2 Å². The molecule has 0 aromatic heterocycles. The molecule has 1 aromatic rings. The highest BCUT2D eigenvalue weighted by Gasteiger charge is 2.63. The average Bonchev–Trinajstić information content (AvgIpc) is 3.22. The number of carbonyl (C=O) groups is 5. The molecule has 13 nitrogen and oxygen atoms in total. The largest absolute Gasteiger partial charge is 0.463 e. The summed E-state index contributed by atoms with van der Waals surface area (Å²) in [6.07, 6.45) is -9.38. The average molecular weight is 700 g/mol. The summed E-state index contributed by atoms with van der Waals surface area (Å²) in [7, 11) is 0. The predicted octanol–water partition coefficient (Wildman–Crippen LogP) is 3.19. The van der Waals surface area contributed by atoms with Gasteiger partial charge in [0.05, 0.1) is 11.8 Å². The second kappa shape index (κ2) is 17.9. The Labute approximate surface area is 275 Å². The van der Waals surface area contributed by atoms with E-state index < -0.39 is 96.4 Å². The Morgan fingerprint density at radius 3 is 1.73 bits per heavy atom. The minimum Gasteiger partial charge on any atom is -0.463 e. The lowest BCUT2D eigenvalue weighted by Crippen LogP contribution is -2.63. The molecule has 2 heterocycles. The third kappa shape index (κ3) is 11.3. The fourth-order valence-electron chi connectivity index (χ4n) is 4.52. The number of esters is 5. The van der Waals surface area contributed by atoms with Crippen LogP contribution in [0.4, 0.5) is 0 Å². The van der Waals surface area contributed by atoms with Crippen molar-refractivity contribution >= 4 is 64.6 Å². The standard InChI is InChI=1S/C22H29Cl3O13.C7H8/c1-9(26)31-7-15-16(25)18(33-11(3)28)19(34-12(4)29)21(36-15)38-22(8-24)20(35-13(5)30)17(32-10(2)27)14(6-23)37-22;1-7-5-3-2-4-6-7/h14-21H,6-8H2,1-5H3;2-6H,1H3/t14-,15-,16+,17-,18+,19-,20+,21-,22+;/m1./s1. The second-order valence-electron chi connectivity index (χ2n) is 10.1. The molecule has 0 radical (unpaired) electrons. The van der Waals surface area contributed by atoms with Crippen LogP contribution >= 0.6 is 34.8 Å². The van der Waals surface area contributed by atoms with Crippen LogP contribution in [0.1, 0.15) is 40.2 Å². The van der Waals surface area contributed by atoms with Crippen molar-refractivity contribution in [3.8, 4) is 0 Å². The number of hydrogen-bond donors (Lipinski definition) is 0. The van der Waals surface area contributed by atoms with E-state index in [1.54, 1.807) is 0 Å². The Bertz CT molecular complexity index is 1170. The smallest absolute Gasteiger partial charge is 0.303 e. The van der Waals surface area contributed by atoms with Crippen LogP contribution in [0, 0.1) is 6.92 Å². The van der Waals surface area contributed by atoms with E-state index in [-0.39, 0.29) is 5.88 Å². The summed E-state index contributed by atoms with van der Waals surface area (Å²) in [5.41, 5.74) is 1.32. The minimum absolute atomic E-state index is 0.231. The first-order valence-corrected chi connectivity index (χ1v) is 15.3. The zero-order valence-corrected chi connectivity index (χ0v) is 27.8. The number of benzene rings is 1. The van der Waals surface area contributed by atoms with Gasteiger partial charge in [0.15, 0.2) is 24.4 Å². The molecule has 0 amide bonds. The highest BCUT2D eigenvalue weighted by molar-refractivity contribution is 6.21. The molecular weight excluding hydrogens is 663 g/mol. The normalized spacial score (nSPS) is 30.6. The highest BCUT2D eigenvalue weighted by atomic mass is 35.5. The van der Waals surface area contributed by atoms with E-state index in [1.807, 2.05) is 18.2 Å². The fraction of sp³-hybridized carbons (Fsp3) is 0.621. The van der Waals surface area contributed by atoms with Crippen LogP contribution < -0.4 is 0 Å². The second-order valence-corrected chi connectivity index (χ2v) is 11.2. The van der Waals surface area contributed by atoms with Crippen molar-refractivity contribution in [1.82, 2.24) is 0 Å². The lowest BCUT2D eigenvalue weighted by atomic mass is 10.0. The molecule has 2 aliphatic heterocycles. The summed E-state index contributed by atoms with van der Waals surface area (Å²) in [5, 5.41) is -1.17. The molecule has 0 spiro atoms. The van der Waals surface area contributed by atoms with E-state index in [0.717, 1.165) is 34.6 Å². The number of ether oxygens (including phenoxy) is 8. The highest BCUT2D eigenvalue weighted by Crippen LogP contribution is 2.42. The minimum atomic E-state index is -2.07. The number of hydrogen-bond acceptors (Lipinski definition) is 13. The van der Waals surface area contributed by atoms with Crippen LogP contribution in [0.5, 0.6) is 0 Å². The van der Waals surface area contributed by atoms with Crippen LogP contribution in [0.3, 0.4) is 0 Å². The number of halogens is 3. The summed E-state index contributed by atoms with van der Waals surface area (Å²) < 4.78 is 44.3. The number of rotatable bonds is 10. The topological polar surface area (TPSA) is 159 Å². The SMILES string of the molecule is CC(=O)OC[C@H]1O[C@H](O[C@]2(CCl)O[C@H](CCl)[C@@H](OC(C)=O)[C@@H]2OC(C)=O)[C@H](OC(C)=O)[C@@H](OC(C)=O)[C@H]1Cl.Cc1ccccc1. The zero-order chi connectivity index (χ0) is 33.9. The summed E-state index contributed by atoms with van der Waals surface area (Å²) in [5.74, 6) is -6.59. The molecule has 0 N–H and O–H groups in total. The van der Waals surface area contributed by atoms with E-state index in [9.17, 15) is 24.0 Å².